The molecule has 0 spiro atoms. The number of rotatable bonds is 9. The number of anilines is 1. The van der Waals surface area contributed by atoms with Crippen LogP contribution < -0.4 is 9.62 Å². The van der Waals surface area contributed by atoms with Gasteiger partial charge in [0.05, 0.1) is 10.6 Å². The molecular formula is C31H39N3O4S. The molecule has 1 unspecified atom stereocenters. The topological polar surface area (TPSA) is 86.8 Å². The van der Waals surface area contributed by atoms with Crippen molar-refractivity contribution < 1.29 is 18.0 Å². The smallest absolute Gasteiger partial charge is 0.264 e. The summed E-state index contributed by atoms with van der Waals surface area (Å²) in [7, 11) is -4.09. The highest BCUT2D eigenvalue weighted by atomic mass is 32.2. The number of benzene rings is 3. The lowest BCUT2D eigenvalue weighted by Crippen LogP contribution is -2.54. The van der Waals surface area contributed by atoms with Gasteiger partial charge in [-0.05, 0) is 89.4 Å². The van der Waals surface area contributed by atoms with Gasteiger partial charge in [0.25, 0.3) is 10.0 Å². The molecule has 8 heteroatoms. The Morgan fingerprint density at radius 2 is 1.51 bits per heavy atom. The molecule has 0 radical (unpaired) electrons. The largest absolute Gasteiger partial charge is 0.350 e. The molecule has 1 N–H and O–H groups in total. The van der Waals surface area contributed by atoms with Gasteiger partial charge in [0.15, 0.2) is 0 Å². The van der Waals surface area contributed by atoms with Gasteiger partial charge < -0.3 is 10.2 Å². The van der Waals surface area contributed by atoms with E-state index < -0.39 is 34.1 Å². The fourth-order valence-electron chi connectivity index (χ4n) is 4.18. The predicted molar refractivity (Wildman–Crippen MR) is 156 cm³/mol. The molecule has 0 bridgehead atoms. The number of hydrogen-bond acceptors (Lipinski definition) is 4. The van der Waals surface area contributed by atoms with E-state index in [1.54, 1.807) is 49.4 Å². The van der Waals surface area contributed by atoms with E-state index in [1.807, 2.05) is 71.9 Å². The van der Waals surface area contributed by atoms with Gasteiger partial charge in [-0.15, -0.1) is 0 Å². The second-order valence-corrected chi connectivity index (χ2v) is 12.9. The molecule has 3 rings (SSSR count). The fourth-order valence-corrected chi connectivity index (χ4v) is 5.58. The van der Waals surface area contributed by atoms with Crippen LogP contribution >= 0.6 is 0 Å². The standard InChI is InChI=1S/C31H39N3O4S/c1-22-15-17-28(18-16-22)39(37,38)34(27-14-10-11-23(2)19-27)21-29(35)33(20-26-13-9-8-12-24(26)3)25(4)30(36)32-31(5,6)7/h8-19,25H,20-21H2,1-7H3,(H,32,36). The monoisotopic (exact) mass is 549 g/mol. The van der Waals surface area contributed by atoms with Crippen LogP contribution in [0.3, 0.4) is 0 Å². The molecule has 2 amide bonds. The maximum Gasteiger partial charge on any atom is 0.264 e. The number of carbonyl (C=O) groups excluding carboxylic acids is 2. The zero-order valence-electron chi connectivity index (χ0n) is 23.9. The quantitative estimate of drug-likeness (QED) is 0.401. The Bertz CT molecular complexity index is 1430. The molecular weight excluding hydrogens is 510 g/mol. The number of aryl methyl sites for hydroxylation is 3. The average molecular weight is 550 g/mol. The van der Waals surface area contributed by atoms with Crippen LogP contribution in [0.2, 0.25) is 0 Å². The van der Waals surface area contributed by atoms with E-state index in [2.05, 4.69) is 5.32 Å². The Hall–Kier alpha value is -3.65. The van der Waals surface area contributed by atoms with Crippen LogP contribution in [0.25, 0.3) is 0 Å². The van der Waals surface area contributed by atoms with Crippen LogP contribution in [0.4, 0.5) is 5.69 Å². The number of amides is 2. The van der Waals surface area contributed by atoms with E-state index in [4.69, 9.17) is 0 Å². The first-order chi connectivity index (χ1) is 18.2. The van der Waals surface area contributed by atoms with Crippen LogP contribution in [0.1, 0.15) is 49.9 Å². The van der Waals surface area contributed by atoms with E-state index in [-0.39, 0.29) is 17.3 Å². The second-order valence-electron chi connectivity index (χ2n) is 11.0. The lowest BCUT2D eigenvalue weighted by molar-refractivity contribution is -0.140. The third-order valence-electron chi connectivity index (χ3n) is 6.44. The first kappa shape index (κ1) is 29.9. The van der Waals surface area contributed by atoms with E-state index >= 15 is 0 Å². The number of nitrogens with one attached hydrogen (secondary N) is 1. The van der Waals surface area contributed by atoms with Crippen molar-refractivity contribution in [2.24, 2.45) is 0 Å². The highest BCUT2D eigenvalue weighted by molar-refractivity contribution is 7.92. The van der Waals surface area contributed by atoms with Gasteiger partial charge in [0, 0.05) is 12.1 Å². The maximum absolute atomic E-state index is 14.0. The van der Waals surface area contributed by atoms with E-state index in [9.17, 15) is 18.0 Å². The molecule has 3 aromatic carbocycles. The first-order valence-electron chi connectivity index (χ1n) is 13.0. The third kappa shape index (κ3) is 7.69. The molecule has 208 valence electrons. The first-order valence-corrected chi connectivity index (χ1v) is 14.4. The number of nitrogens with zero attached hydrogens (tertiary/aromatic N) is 2. The molecule has 0 saturated heterocycles. The van der Waals surface area contributed by atoms with Crippen LogP contribution in [0.5, 0.6) is 0 Å². The number of hydrogen-bond donors (Lipinski definition) is 1. The molecule has 0 aliphatic rings. The zero-order valence-corrected chi connectivity index (χ0v) is 24.7. The Morgan fingerprint density at radius 1 is 0.872 bits per heavy atom. The number of carbonyl (C=O) groups is 2. The molecule has 0 aliphatic heterocycles. The highest BCUT2D eigenvalue weighted by Gasteiger charge is 2.33. The molecule has 0 fully saturated rings. The molecule has 7 nitrogen and oxygen atoms in total. The summed E-state index contributed by atoms with van der Waals surface area (Å²) in [5.41, 5.74) is 3.53. The van der Waals surface area contributed by atoms with E-state index in [0.717, 1.165) is 26.6 Å². The van der Waals surface area contributed by atoms with Gasteiger partial charge in [-0.2, -0.15) is 0 Å². The van der Waals surface area contributed by atoms with Crippen molar-refractivity contribution in [3.63, 3.8) is 0 Å². The van der Waals surface area contributed by atoms with Crippen LogP contribution in [0.15, 0.2) is 77.7 Å². The summed E-state index contributed by atoms with van der Waals surface area (Å²) < 4.78 is 28.9. The SMILES string of the molecule is Cc1ccc(S(=O)(=O)N(CC(=O)N(Cc2ccccc2C)C(C)C(=O)NC(C)(C)C)c2cccc(C)c2)cc1. The van der Waals surface area contributed by atoms with Crippen molar-refractivity contribution in [2.75, 3.05) is 10.8 Å². The Labute approximate surface area is 232 Å². The summed E-state index contributed by atoms with van der Waals surface area (Å²) in [6.07, 6.45) is 0. The van der Waals surface area contributed by atoms with Crippen molar-refractivity contribution in [3.8, 4) is 0 Å². The van der Waals surface area contributed by atoms with Gasteiger partial charge in [0.1, 0.15) is 12.6 Å². The molecule has 0 saturated carbocycles. The average Bonchev–Trinajstić information content (AvgIpc) is 2.85. The van der Waals surface area contributed by atoms with E-state index in [0.29, 0.717) is 5.69 Å². The van der Waals surface area contributed by atoms with Crippen molar-refractivity contribution >= 4 is 27.5 Å². The maximum atomic E-state index is 14.0. The lowest BCUT2D eigenvalue weighted by Gasteiger charge is -2.33. The summed E-state index contributed by atoms with van der Waals surface area (Å²) in [5.74, 6) is -0.792. The summed E-state index contributed by atoms with van der Waals surface area (Å²) in [4.78, 5) is 28.7. The van der Waals surface area contributed by atoms with Crippen molar-refractivity contribution in [3.05, 3.63) is 95.1 Å². The predicted octanol–water partition coefficient (Wildman–Crippen LogP) is 5.14. The Balaban J connectivity index is 2.05. The minimum Gasteiger partial charge on any atom is -0.350 e. The van der Waals surface area contributed by atoms with Crippen molar-refractivity contribution in [1.82, 2.24) is 10.2 Å². The molecule has 39 heavy (non-hydrogen) atoms. The minimum absolute atomic E-state index is 0.0892. The van der Waals surface area contributed by atoms with Gasteiger partial charge >= 0.3 is 0 Å². The van der Waals surface area contributed by atoms with Gasteiger partial charge in [-0.3, -0.25) is 13.9 Å². The normalized spacial score (nSPS) is 12.5. The van der Waals surface area contributed by atoms with Gasteiger partial charge in [-0.1, -0.05) is 54.1 Å². The molecule has 0 heterocycles. The summed E-state index contributed by atoms with van der Waals surface area (Å²) >= 11 is 0. The van der Waals surface area contributed by atoms with Crippen LogP contribution in [-0.2, 0) is 26.2 Å². The molecule has 0 aromatic heterocycles. The number of sulfonamides is 1. The van der Waals surface area contributed by atoms with Crippen LogP contribution in [-0.4, -0.2) is 43.3 Å². The fraction of sp³-hybridized carbons (Fsp3) is 0.355. The summed E-state index contributed by atoms with van der Waals surface area (Å²) in [6, 6.07) is 20.4. The van der Waals surface area contributed by atoms with Crippen molar-refractivity contribution in [2.45, 2.75) is 71.5 Å². The molecule has 0 aliphatic carbocycles. The van der Waals surface area contributed by atoms with Crippen LogP contribution in [0, 0.1) is 20.8 Å². The third-order valence-corrected chi connectivity index (χ3v) is 8.23. The van der Waals surface area contributed by atoms with Crippen molar-refractivity contribution in [1.29, 1.82) is 0 Å². The Kier molecular flexibility index (Phi) is 9.22. The summed E-state index contributed by atoms with van der Waals surface area (Å²) in [6.45, 7) is 12.7. The highest BCUT2D eigenvalue weighted by Crippen LogP contribution is 2.26. The molecule has 1 atom stereocenters. The van der Waals surface area contributed by atoms with Gasteiger partial charge in [0.2, 0.25) is 11.8 Å². The Morgan fingerprint density at radius 3 is 2.10 bits per heavy atom. The van der Waals surface area contributed by atoms with Gasteiger partial charge in [-0.25, -0.2) is 8.42 Å². The zero-order chi connectivity index (χ0) is 29.0. The minimum atomic E-state index is -4.09. The lowest BCUT2D eigenvalue weighted by atomic mass is 10.1. The summed E-state index contributed by atoms with van der Waals surface area (Å²) in [5, 5.41) is 2.94. The molecule has 3 aromatic rings. The van der Waals surface area contributed by atoms with E-state index in [1.165, 1.54) is 4.90 Å². The second kappa shape index (κ2) is 12.0.